The largest absolute Gasteiger partial charge is 0.393 e. The molecule has 5 nitrogen and oxygen atoms in total. The number of urea groups is 1. The Morgan fingerprint density at radius 2 is 2.06 bits per heavy atom. The molecule has 0 spiro atoms. The summed E-state index contributed by atoms with van der Waals surface area (Å²) in [5, 5.41) is 14.7. The van der Waals surface area contributed by atoms with Gasteiger partial charge in [0, 0.05) is 20.2 Å². The monoisotopic (exact) mass is 232 g/mol. The van der Waals surface area contributed by atoms with Crippen LogP contribution >= 0.6 is 0 Å². The van der Waals surface area contributed by atoms with Gasteiger partial charge >= 0.3 is 6.03 Å². The third-order valence-electron chi connectivity index (χ3n) is 2.17. The Kier molecular flexibility index (Phi) is 7.08. The normalized spacial score (nSPS) is 13.3. The Morgan fingerprint density at radius 3 is 2.56 bits per heavy atom. The molecule has 0 radical (unpaired) electrons. The van der Waals surface area contributed by atoms with E-state index in [-0.39, 0.29) is 17.6 Å². The van der Waals surface area contributed by atoms with Crippen molar-refractivity contribution >= 4 is 6.03 Å². The highest BCUT2D eigenvalue weighted by Crippen LogP contribution is 2.20. The lowest BCUT2D eigenvalue weighted by molar-refractivity contribution is 0.128. The number of methoxy groups -OCH3 is 1. The molecule has 1 atom stereocenters. The third-order valence-corrected chi connectivity index (χ3v) is 2.17. The number of aliphatic hydroxyl groups is 1. The summed E-state index contributed by atoms with van der Waals surface area (Å²) < 4.78 is 4.81. The summed E-state index contributed by atoms with van der Waals surface area (Å²) in [5.74, 6) is 0. The molecule has 0 aromatic carbocycles. The first kappa shape index (κ1) is 15.2. The van der Waals surface area contributed by atoms with Gasteiger partial charge in [-0.2, -0.15) is 0 Å². The molecule has 2 amide bonds. The van der Waals surface area contributed by atoms with Crippen LogP contribution in [0.15, 0.2) is 0 Å². The van der Waals surface area contributed by atoms with Crippen LogP contribution < -0.4 is 10.6 Å². The zero-order valence-corrected chi connectivity index (χ0v) is 10.7. The van der Waals surface area contributed by atoms with E-state index in [0.717, 1.165) is 0 Å². The maximum Gasteiger partial charge on any atom is 0.314 e. The molecule has 96 valence electrons. The Hall–Kier alpha value is -0.810. The fourth-order valence-corrected chi connectivity index (χ4v) is 1.52. The van der Waals surface area contributed by atoms with Crippen molar-refractivity contribution in [1.29, 1.82) is 0 Å². The number of carbonyl (C=O) groups is 1. The average molecular weight is 232 g/mol. The van der Waals surface area contributed by atoms with Crippen molar-refractivity contribution in [2.75, 3.05) is 26.8 Å². The standard InChI is InChI=1S/C11H24N2O3/c1-9(14)7-11(2,3)8-13-10(15)12-5-6-16-4/h9,14H,5-8H2,1-4H3,(H2,12,13,15). The number of amides is 2. The summed E-state index contributed by atoms with van der Waals surface area (Å²) in [6.45, 7) is 7.31. The third kappa shape index (κ3) is 8.49. The van der Waals surface area contributed by atoms with E-state index < -0.39 is 0 Å². The molecule has 16 heavy (non-hydrogen) atoms. The van der Waals surface area contributed by atoms with Gasteiger partial charge < -0.3 is 20.5 Å². The summed E-state index contributed by atoms with van der Waals surface area (Å²) in [5.41, 5.74) is -0.104. The molecule has 0 fully saturated rings. The fraction of sp³-hybridized carbons (Fsp3) is 0.909. The molecule has 3 N–H and O–H groups in total. The second-order valence-corrected chi connectivity index (χ2v) is 4.82. The van der Waals surface area contributed by atoms with E-state index >= 15 is 0 Å². The number of ether oxygens (including phenoxy) is 1. The highest BCUT2D eigenvalue weighted by atomic mass is 16.5. The van der Waals surface area contributed by atoms with Crippen LogP contribution in [0.1, 0.15) is 27.2 Å². The van der Waals surface area contributed by atoms with Crippen LogP contribution in [-0.4, -0.2) is 44.0 Å². The maximum absolute atomic E-state index is 11.3. The molecule has 0 bridgehead atoms. The summed E-state index contributed by atoms with van der Waals surface area (Å²) in [6.07, 6.45) is 0.305. The Bertz CT molecular complexity index is 205. The van der Waals surface area contributed by atoms with Gasteiger partial charge in [0.2, 0.25) is 0 Å². The second kappa shape index (κ2) is 7.46. The molecule has 0 saturated carbocycles. The number of nitrogens with one attached hydrogen (secondary N) is 2. The van der Waals surface area contributed by atoms with Crippen LogP contribution in [0.2, 0.25) is 0 Å². The van der Waals surface area contributed by atoms with Crippen molar-refractivity contribution in [2.45, 2.75) is 33.3 Å². The average Bonchev–Trinajstić information content (AvgIpc) is 2.13. The van der Waals surface area contributed by atoms with E-state index in [9.17, 15) is 9.90 Å². The number of carbonyl (C=O) groups excluding carboxylic acids is 1. The number of hydrogen-bond donors (Lipinski definition) is 3. The molecule has 5 heteroatoms. The van der Waals surface area contributed by atoms with Gasteiger partial charge in [-0.25, -0.2) is 4.79 Å². The van der Waals surface area contributed by atoms with Crippen LogP contribution in [0, 0.1) is 5.41 Å². The molecular formula is C11H24N2O3. The van der Waals surface area contributed by atoms with Crippen molar-refractivity contribution in [3.8, 4) is 0 Å². The molecule has 0 saturated heterocycles. The molecule has 0 rings (SSSR count). The molecule has 0 heterocycles. The van der Waals surface area contributed by atoms with Gasteiger partial charge in [0.1, 0.15) is 0 Å². The van der Waals surface area contributed by atoms with Crippen LogP contribution in [0.4, 0.5) is 4.79 Å². The first-order valence-electron chi connectivity index (χ1n) is 5.56. The van der Waals surface area contributed by atoms with Crippen LogP contribution in [-0.2, 0) is 4.74 Å². The van der Waals surface area contributed by atoms with Gasteiger partial charge in [0.15, 0.2) is 0 Å². The lowest BCUT2D eigenvalue weighted by Crippen LogP contribution is -2.42. The van der Waals surface area contributed by atoms with Crippen molar-refractivity contribution in [3.63, 3.8) is 0 Å². The minimum absolute atomic E-state index is 0.104. The Morgan fingerprint density at radius 1 is 1.44 bits per heavy atom. The smallest absolute Gasteiger partial charge is 0.314 e. The zero-order chi connectivity index (χ0) is 12.6. The van der Waals surface area contributed by atoms with Gasteiger partial charge in [-0.1, -0.05) is 13.8 Å². The van der Waals surface area contributed by atoms with Crippen LogP contribution in [0.5, 0.6) is 0 Å². The number of hydrogen-bond acceptors (Lipinski definition) is 3. The molecule has 0 aliphatic heterocycles. The van der Waals surface area contributed by atoms with E-state index in [0.29, 0.717) is 26.1 Å². The Balaban J connectivity index is 3.72. The van der Waals surface area contributed by atoms with Gasteiger partial charge in [0.05, 0.1) is 12.7 Å². The van der Waals surface area contributed by atoms with Crippen LogP contribution in [0.25, 0.3) is 0 Å². The molecular weight excluding hydrogens is 208 g/mol. The second-order valence-electron chi connectivity index (χ2n) is 4.82. The summed E-state index contributed by atoms with van der Waals surface area (Å²) in [7, 11) is 1.59. The SMILES string of the molecule is COCCNC(=O)NCC(C)(C)CC(C)O. The topological polar surface area (TPSA) is 70.6 Å². The van der Waals surface area contributed by atoms with Gasteiger partial charge in [-0.05, 0) is 18.8 Å². The predicted molar refractivity (Wildman–Crippen MR) is 63.4 cm³/mol. The first-order chi connectivity index (χ1) is 7.37. The highest BCUT2D eigenvalue weighted by Gasteiger charge is 2.20. The van der Waals surface area contributed by atoms with E-state index in [1.807, 2.05) is 13.8 Å². The highest BCUT2D eigenvalue weighted by molar-refractivity contribution is 5.73. The molecule has 0 aliphatic carbocycles. The van der Waals surface area contributed by atoms with Gasteiger partial charge in [-0.15, -0.1) is 0 Å². The fourth-order valence-electron chi connectivity index (χ4n) is 1.52. The zero-order valence-electron chi connectivity index (χ0n) is 10.7. The van der Waals surface area contributed by atoms with Crippen LogP contribution in [0.3, 0.4) is 0 Å². The lowest BCUT2D eigenvalue weighted by atomic mass is 9.87. The molecule has 0 aliphatic rings. The summed E-state index contributed by atoms with van der Waals surface area (Å²) in [4.78, 5) is 11.3. The van der Waals surface area contributed by atoms with E-state index in [1.165, 1.54) is 0 Å². The van der Waals surface area contributed by atoms with Crippen molar-refractivity contribution < 1.29 is 14.6 Å². The predicted octanol–water partition coefficient (Wildman–Crippen LogP) is 0.729. The first-order valence-corrected chi connectivity index (χ1v) is 5.56. The molecule has 1 unspecified atom stereocenters. The quantitative estimate of drug-likeness (QED) is 0.567. The van der Waals surface area contributed by atoms with Crippen molar-refractivity contribution in [1.82, 2.24) is 10.6 Å². The minimum Gasteiger partial charge on any atom is -0.393 e. The van der Waals surface area contributed by atoms with Crippen molar-refractivity contribution in [2.24, 2.45) is 5.41 Å². The number of aliphatic hydroxyl groups excluding tert-OH is 1. The molecule has 0 aromatic rings. The Labute approximate surface area is 97.6 Å². The van der Waals surface area contributed by atoms with Crippen molar-refractivity contribution in [3.05, 3.63) is 0 Å². The van der Waals surface area contributed by atoms with E-state index in [1.54, 1.807) is 14.0 Å². The minimum atomic E-state index is -0.353. The maximum atomic E-state index is 11.3. The summed E-state index contributed by atoms with van der Waals surface area (Å²) in [6, 6.07) is -0.198. The lowest BCUT2D eigenvalue weighted by Gasteiger charge is -2.26. The van der Waals surface area contributed by atoms with Gasteiger partial charge in [-0.3, -0.25) is 0 Å². The van der Waals surface area contributed by atoms with E-state index in [4.69, 9.17) is 4.74 Å². The number of rotatable bonds is 7. The molecule has 0 aromatic heterocycles. The van der Waals surface area contributed by atoms with Gasteiger partial charge in [0.25, 0.3) is 0 Å². The summed E-state index contributed by atoms with van der Waals surface area (Å²) >= 11 is 0. The van der Waals surface area contributed by atoms with E-state index in [2.05, 4.69) is 10.6 Å².